The summed E-state index contributed by atoms with van der Waals surface area (Å²) in [6, 6.07) is 5.89. The maximum absolute atomic E-state index is 12.9. The standard InChI is InChI=1S/C18H19N5O2S/c1-3-6-12-15(18(24)25-4-2)14(11-9-19-21-17(11)20-12)10-7-5-8-13-16(10)23-26-22-13/h5,7-9,14-15H,3-4,6H2,1-2H3,(H,19,21). The van der Waals surface area contributed by atoms with Crippen LogP contribution in [0.5, 0.6) is 0 Å². The topological polar surface area (TPSA) is 93.1 Å². The van der Waals surface area contributed by atoms with Gasteiger partial charge in [0.1, 0.15) is 17.0 Å². The van der Waals surface area contributed by atoms with Gasteiger partial charge in [-0.2, -0.15) is 13.8 Å². The smallest absolute Gasteiger partial charge is 0.315 e. The van der Waals surface area contributed by atoms with E-state index in [-0.39, 0.29) is 11.9 Å². The lowest BCUT2D eigenvalue weighted by Gasteiger charge is -2.30. The van der Waals surface area contributed by atoms with Gasteiger partial charge >= 0.3 is 5.97 Å². The Labute approximate surface area is 154 Å². The van der Waals surface area contributed by atoms with Gasteiger partial charge in [-0.1, -0.05) is 25.5 Å². The van der Waals surface area contributed by atoms with Gasteiger partial charge in [0, 0.05) is 17.2 Å². The van der Waals surface area contributed by atoms with Crippen molar-refractivity contribution in [1.82, 2.24) is 18.9 Å². The number of benzene rings is 1. The van der Waals surface area contributed by atoms with E-state index >= 15 is 0 Å². The number of rotatable bonds is 5. The normalized spacial score (nSPS) is 19.2. The largest absolute Gasteiger partial charge is 0.465 e. The van der Waals surface area contributed by atoms with Crippen LogP contribution in [0, 0.1) is 5.92 Å². The number of ether oxygens (including phenoxy) is 1. The minimum Gasteiger partial charge on any atom is -0.465 e. The number of aromatic nitrogens is 4. The summed E-state index contributed by atoms with van der Waals surface area (Å²) in [5.41, 5.74) is 4.33. The zero-order valence-corrected chi connectivity index (χ0v) is 15.4. The van der Waals surface area contributed by atoms with Crippen molar-refractivity contribution in [2.75, 3.05) is 6.61 Å². The fourth-order valence-corrected chi connectivity index (χ4v) is 4.14. The number of aromatic amines is 1. The SMILES string of the molecule is CCCC1=Nc2[nH]ncc2C(c2cccc3nsnc23)C1C(=O)OCC. The van der Waals surface area contributed by atoms with Crippen molar-refractivity contribution in [3.05, 3.63) is 35.5 Å². The van der Waals surface area contributed by atoms with Crippen LogP contribution in [-0.4, -0.2) is 37.2 Å². The Kier molecular flexibility index (Phi) is 4.50. The molecule has 3 aromatic rings. The number of nitrogens with one attached hydrogen (secondary N) is 1. The molecule has 7 nitrogen and oxygen atoms in total. The minimum atomic E-state index is -0.479. The van der Waals surface area contributed by atoms with Gasteiger partial charge in [0.25, 0.3) is 0 Å². The lowest BCUT2D eigenvalue weighted by atomic mass is 9.76. The van der Waals surface area contributed by atoms with E-state index < -0.39 is 5.92 Å². The summed E-state index contributed by atoms with van der Waals surface area (Å²) in [6.45, 7) is 4.23. The lowest BCUT2D eigenvalue weighted by Crippen LogP contribution is -2.34. The molecule has 0 spiro atoms. The molecule has 1 aliphatic rings. The van der Waals surface area contributed by atoms with Crippen molar-refractivity contribution in [1.29, 1.82) is 0 Å². The predicted octanol–water partition coefficient (Wildman–Crippen LogP) is 3.61. The quantitative estimate of drug-likeness (QED) is 0.694. The molecule has 0 saturated carbocycles. The number of aliphatic imine (C=N–C) groups is 1. The maximum atomic E-state index is 12.9. The van der Waals surface area contributed by atoms with E-state index in [0.717, 1.165) is 40.7 Å². The number of hydrogen-bond donors (Lipinski definition) is 1. The summed E-state index contributed by atoms with van der Waals surface area (Å²) in [7, 11) is 0. The highest BCUT2D eigenvalue weighted by molar-refractivity contribution is 7.00. The highest BCUT2D eigenvalue weighted by atomic mass is 32.1. The second-order valence-corrected chi connectivity index (χ2v) is 6.74. The van der Waals surface area contributed by atoms with E-state index in [1.165, 1.54) is 11.7 Å². The third-order valence-corrected chi connectivity index (χ3v) is 5.17. The Bertz CT molecular complexity index is 977. The molecule has 26 heavy (non-hydrogen) atoms. The van der Waals surface area contributed by atoms with Gasteiger partial charge < -0.3 is 4.74 Å². The van der Waals surface area contributed by atoms with E-state index in [0.29, 0.717) is 12.4 Å². The number of carbonyl (C=O) groups excluding carboxylic acids is 1. The van der Waals surface area contributed by atoms with Crippen molar-refractivity contribution in [3.63, 3.8) is 0 Å². The molecular formula is C18H19N5O2S. The molecular weight excluding hydrogens is 350 g/mol. The molecule has 0 aliphatic carbocycles. The Morgan fingerprint density at radius 1 is 1.27 bits per heavy atom. The molecule has 2 atom stereocenters. The Hall–Kier alpha value is -2.61. The molecule has 2 aromatic heterocycles. The van der Waals surface area contributed by atoms with Crippen LogP contribution in [0.3, 0.4) is 0 Å². The predicted molar refractivity (Wildman–Crippen MR) is 100.0 cm³/mol. The summed E-state index contributed by atoms with van der Waals surface area (Å²) in [6.07, 6.45) is 3.37. The van der Waals surface area contributed by atoms with Gasteiger partial charge in [-0.05, 0) is 25.0 Å². The molecule has 1 N–H and O–H groups in total. The summed E-state index contributed by atoms with van der Waals surface area (Å²) < 4.78 is 14.2. The minimum absolute atomic E-state index is 0.241. The highest BCUT2D eigenvalue weighted by Crippen LogP contribution is 2.44. The molecule has 0 saturated heterocycles. The van der Waals surface area contributed by atoms with Gasteiger partial charge in [0.2, 0.25) is 0 Å². The van der Waals surface area contributed by atoms with Crippen molar-refractivity contribution in [3.8, 4) is 0 Å². The average Bonchev–Trinajstić information content (AvgIpc) is 3.29. The first kappa shape index (κ1) is 16.8. The lowest BCUT2D eigenvalue weighted by molar-refractivity contribution is -0.146. The van der Waals surface area contributed by atoms with Gasteiger partial charge in [0.15, 0.2) is 5.82 Å². The van der Waals surface area contributed by atoms with Crippen LogP contribution in [0.1, 0.15) is 43.7 Å². The Morgan fingerprint density at radius 3 is 2.96 bits per heavy atom. The zero-order valence-electron chi connectivity index (χ0n) is 14.6. The number of carbonyl (C=O) groups is 1. The van der Waals surface area contributed by atoms with Crippen molar-refractivity contribution in [2.45, 2.75) is 32.6 Å². The molecule has 1 aliphatic heterocycles. The fourth-order valence-electron chi connectivity index (χ4n) is 3.59. The van der Waals surface area contributed by atoms with Crippen molar-refractivity contribution < 1.29 is 9.53 Å². The van der Waals surface area contributed by atoms with Crippen LogP contribution < -0.4 is 0 Å². The van der Waals surface area contributed by atoms with Crippen molar-refractivity contribution in [2.24, 2.45) is 10.9 Å². The van der Waals surface area contributed by atoms with Crippen LogP contribution in [0.4, 0.5) is 5.82 Å². The van der Waals surface area contributed by atoms with E-state index in [1.807, 2.05) is 25.1 Å². The summed E-state index contributed by atoms with van der Waals surface area (Å²) >= 11 is 1.18. The van der Waals surface area contributed by atoms with E-state index in [4.69, 9.17) is 4.74 Å². The molecule has 2 unspecified atom stereocenters. The first-order chi connectivity index (χ1) is 12.7. The molecule has 0 radical (unpaired) electrons. The Balaban J connectivity index is 1.92. The monoisotopic (exact) mass is 369 g/mol. The third-order valence-electron chi connectivity index (χ3n) is 4.63. The van der Waals surface area contributed by atoms with E-state index in [1.54, 1.807) is 6.20 Å². The average molecular weight is 369 g/mol. The number of hydrogen-bond acceptors (Lipinski definition) is 7. The molecule has 3 heterocycles. The van der Waals surface area contributed by atoms with E-state index in [2.05, 4.69) is 30.9 Å². The van der Waals surface area contributed by atoms with Gasteiger partial charge in [0.05, 0.1) is 24.5 Å². The van der Waals surface area contributed by atoms with Crippen LogP contribution in [0.15, 0.2) is 29.4 Å². The number of esters is 1. The summed E-state index contributed by atoms with van der Waals surface area (Å²) in [4.78, 5) is 17.6. The molecule has 0 bridgehead atoms. The van der Waals surface area contributed by atoms with Gasteiger partial charge in [-0.15, -0.1) is 0 Å². The first-order valence-electron chi connectivity index (χ1n) is 8.73. The molecule has 0 fully saturated rings. The molecule has 1 aromatic carbocycles. The zero-order chi connectivity index (χ0) is 18.1. The van der Waals surface area contributed by atoms with Crippen LogP contribution in [0.25, 0.3) is 11.0 Å². The van der Waals surface area contributed by atoms with Crippen molar-refractivity contribution >= 4 is 40.3 Å². The number of fused-ring (bicyclic) bond motifs is 2. The fraction of sp³-hybridized carbons (Fsp3) is 0.389. The molecule has 0 amide bonds. The molecule has 8 heteroatoms. The third kappa shape index (κ3) is 2.70. The summed E-state index contributed by atoms with van der Waals surface area (Å²) in [5.74, 6) is -0.266. The summed E-state index contributed by atoms with van der Waals surface area (Å²) in [5, 5.41) is 7.12. The molecule has 4 rings (SSSR count). The van der Waals surface area contributed by atoms with E-state index in [9.17, 15) is 4.79 Å². The van der Waals surface area contributed by atoms with Gasteiger partial charge in [-0.25, -0.2) is 4.99 Å². The molecule has 134 valence electrons. The van der Waals surface area contributed by atoms with Crippen LogP contribution in [-0.2, 0) is 9.53 Å². The van der Waals surface area contributed by atoms with Crippen LogP contribution >= 0.6 is 11.7 Å². The second-order valence-electron chi connectivity index (χ2n) is 6.21. The number of H-pyrrole nitrogens is 1. The Morgan fingerprint density at radius 2 is 2.15 bits per heavy atom. The second kappa shape index (κ2) is 6.95. The first-order valence-corrected chi connectivity index (χ1v) is 9.46. The highest BCUT2D eigenvalue weighted by Gasteiger charge is 2.41. The van der Waals surface area contributed by atoms with Gasteiger partial charge in [-0.3, -0.25) is 9.89 Å². The maximum Gasteiger partial charge on any atom is 0.315 e. The number of nitrogens with zero attached hydrogens (tertiary/aromatic N) is 4. The van der Waals surface area contributed by atoms with Crippen LogP contribution in [0.2, 0.25) is 0 Å².